The Labute approximate surface area is 181 Å². The predicted molar refractivity (Wildman–Crippen MR) is 118 cm³/mol. The number of hydrogen-bond donors (Lipinski definition) is 0. The van der Waals surface area contributed by atoms with Gasteiger partial charge in [-0.25, -0.2) is 0 Å². The van der Waals surface area contributed by atoms with Crippen LogP contribution in [0.1, 0.15) is 35.0 Å². The molecule has 1 aromatic heterocycles. The maximum Gasteiger partial charge on any atom is 0.245 e. The normalized spacial score (nSPS) is 19.2. The Kier molecular flexibility index (Phi) is 6.18. The highest BCUT2D eigenvalue weighted by molar-refractivity contribution is 7.10. The van der Waals surface area contributed by atoms with E-state index in [1.54, 1.807) is 23.2 Å². The summed E-state index contributed by atoms with van der Waals surface area (Å²) < 4.78 is 0. The third-order valence-corrected chi connectivity index (χ3v) is 6.87. The average Bonchev–Trinajstić information content (AvgIpc) is 3.45. The third kappa shape index (κ3) is 4.41. The minimum Gasteiger partial charge on any atom is -0.368 e. The summed E-state index contributed by atoms with van der Waals surface area (Å²) in [5, 5.41) is 1.97. The first-order chi connectivity index (χ1) is 14.5. The van der Waals surface area contributed by atoms with Crippen molar-refractivity contribution in [1.29, 1.82) is 0 Å². The molecule has 7 heteroatoms. The Bertz CT molecular complexity index is 902. The maximum atomic E-state index is 13.2. The summed E-state index contributed by atoms with van der Waals surface area (Å²) in [6.45, 7) is 5.04. The molecule has 4 rings (SSSR count). The average molecular weight is 426 g/mol. The lowest BCUT2D eigenvalue weighted by Gasteiger charge is -2.38. The summed E-state index contributed by atoms with van der Waals surface area (Å²) >= 11 is 1.58. The van der Waals surface area contributed by atoms with E-state index in [0.29, 0.717) is 31.6 Å². The molecule has 0 spiro atoms. The number of nitrogens with zero attached hydrogens (tertiary/aromatic N) is 3. The van der Waals surface area contributed by atoms with Gasteiger partial charge in [0.05, 0.1) is 6.42 Å². The zero-order valence-corrected chi connectivity index (χ0v) is 18.1. The number of Topliss-reactive ketones (excluding diaryl/α,β-unsaturated/α-hetero) is 1. The topological polar surface area (TPSA) is 60.9 Å². The number of likely N-dealkylation sites (tertiary alicyclic amines) is 1. The molecule has 0 aliphatic carbocycles. The van der Waals surface area contributed by atoms with Crippen LogP contribution in [0.5, 0.6) is 0 Å². The number of thiophene rings is 1. The molecular weight excluding hydrogens is 398 g/mol. The number of carbonyl (C=O) groups excluding carboxylic acids is 3. The molecule has 1 aromatic carbocycles. The first-order valence-electron chi connectivity index (χ1n) is 10.5. The second kappa shape index (κ2) is 9.00. The van der Waals surface area contributed by atoms with Crippen LogP contribution in [0.25, 0.3) is 0 Å². The van der Waals surface area contributed by atoms with Gasteiger partial charge >= 0.3 is 0 Å². The summed E-state index contributed by atoms with van der Waals surface area (Å²) in [7, 11) is 0. The fraction of sp³-hybridized carbons (Fsp3) is 0.435. The standard InChI is InChI=1S/C23H27N3O3S/c1-17(27)18-6-8-19(9-7-18)24-11-13-25(14-12-24)23(29)21-5-2-10-26(21)22(28)16-20-4-3-15-30-20/h3-4,6-9,15,21H,2,5,10-14,16H2,1H3. The van der Waals surface area contributed by atoms with E-state index in [1.807, 2.05) is 46.7 Å². The van der Waals surface area contributed by atoms with Crippen molar-refractivity contribution in [3.63, 3.8) is 0 Å². The van der Waals surface area contributed by atoms with E-state index in [4.69, 9.17) is 0 Å². The number of hydrogen-bond acceptors (Lipinski definition) is 5. The predicted octanol–water partition coefficient (Wildman–Crippen LogP) is 2.83. The van der Waals surface area contributed by atoms with Gasteiger partial charge in [-0.05, 0) is 55.5 Å². The minimum atomic E-state index is -0.320. The highest BCUT2D eigenvalue weighted by Crippen LogP contribution is 2.23. The lowest BCUT2D eigenvalue weighted by Crippen LogP contribution is -2.54. The number of piperazine rings is 1. The molecule has 6 nitrogen and oxygen atoms in total. The molecule has 0 saturated carbocycles. The van der Waals surface area contributed by atoms with Gasteiger partial charge in [0.2, 0.25) is 11.8 Å². The summed E-state index contributed by atoms with van der Waals surface area (Å²) in [6, 6.07) is 11.2. The number of carbonyl (C=O) groups is 3. The van der Waals surface area contributed by atoms with Crippen LogP contribution >= 0.6 is 11.3 Å². The molecule has 2 saturated heterocycles. The molecule has 2 aromatic rings. The van der Waals surface area contributed by atoms with Crippen LogP contribution in [0.15, 0.2) is 41.8 Å². The smallest absolute Gasteiger partial charge is 0.245 e. The molecule has 2 amide bonds. The van der Waals surface area contributed by atoms with Gasteiger partial charge < -0.3 is 14.7 Å². The summed E-state index contributed by atoms with van der Waals surface area (Å²) in [5.74, 6) is 0.197. The molecule has 30 heavy (non-hydrogen) atoms. The minimum absolute atomic E-state index is 0.0532. The van der Waals surface area contributed by atoms with Gasteiger partial charge in [-0.15, -0.1) is 11.3 Å². The van der Waals surface area contributed by atoms with Crippen LogP contribution in [0.2, 0.25) is 0 Å². The second-order valence-corrected chi connectivity index (χ2v) is 8.95. The van der Waals surface area contributed by atoms with Crippen LogP contribution in [0.3, 0.4) is 0 Å². The molecule has 2 aliphatic heterocycles. The van der Waals surface area contributed by atoms with Gasteiger partial charge in [-0.1, -0.05) is 6.07 Å². The van der Waals surface area contributed by atoms with Crippen LogP contribution < -0.4 is 4.90 Å². The van der Waals surface area contributed by atoms with Gasteiger partial charge in [-0.2, -0.15) is 0 Å². The van der Waals surface area contributed by atoms with Crippen molar-refractivity contribution in [3.8, 4) is 0 Å². The number of benzene rings is 1. The fourth-order valence-electron chi connectivity index (χ4n) is 4.29. The van der Waals surface area contributed by atoms with E-state index in [2.05, 4.69) is 4.90 Å². The van der Waals surface area contributed by atoms with Crippen molar-refractivity contribution in [2.75, 3.05) is 37.6 Å². The molecule has 2 aliphatic rings. The Morgan fingerprint density at radius 1 is 1.00 bits per heavy atom. The maximum absolute atomic E-state index is 13.2. The van der Waals surface area contributed by atoms with E-state index in [1.165, 1.54) is 0 Å². The summed E-state index contributed by atoms with van der Waals surface area (Å²) in [4.78, 5) is 44.3. The van der Waals surface area contributed by atoms with Crippen molar-refractivity contribution >= 4 is 34.6 Å². The zero-order valence-electron chi connectivity index (χ0n) is 17.3. The molecule has 3 heterocycles. The largest absolute Gasteiger partial charge is 0.368 e. The quantitative estimate of drug-likeness (QED) is 0.691. The summed E-state index contributed by atoms with van der Waals surface area (Å²) in [6.07, 6.45) is 2.02. The van der Waals surface area contributed by atoms with Crippen LogP contribution in [0.4, 0.5) is 5.69 Å². The van der Waals surface area contributed by atoms with Crippen molar-refractivity contribution in [2.45, 2.75) is 32.2 Å². The molecule has 158 valence electrons. The van der Waals surface area contributed by atoms with Gasteiger partial charge in [0.15, 0.2) is 5.78 Å². The van der Waals surface area contributed by atoms with Gasteiger partial charge in [0, 0.05) is 48.9 Å². The van der Waals surface area contributed by atoms with E-state index in [0.717, 1.165) is 36.5 Å². The van der Waals surface area contributed by atoms with Crippen molar-refractivity contribution < 1.29 is 14.4 Å². The molecule has 2 fully saturated rings. The van der Waals surface area contributed by atoms with Crippen molar-refractivity contribution in [3.05, 3.63) is 52.2 Å². The van der Waals surface area contributed by atoms with E-state index in [9.17, 15) is 14.4 Å². The van der Waals surface area contributed by atoms with Crippen LogP contribution in [-0.2, 0) is 16.0 Å². The summed E-state index contributed by atoms with van der Waals surface area (Å²) in [5.41, 5.74) is 1.78. The monoisotopic (exact) mass is 425 g/mol. The second-order valence-electron chi connectivity index (χ2n) is 7.92. The number of anilines is 1. The van der Waals surface area contributed by atoms with E-state index >= 15 is 0 Å². The number of rotatable bonds is 5. The zero-order chi connectivity index (χ0) is 21.1. The van der Waals surface area contributed by atoms with Gasteiger partial charge in [0.1, 0.15) is 6.04 Å². The molecule has 0 bridgehead atoms. The molecule has 1 atom stereocenters. The van der Waals surface area contributed by atoms with Crippen molar-refractivity contribution in [2.24, 2.45) is 0 Å². The fourth-order valence-corrected chi connectivity index (χ4v) is 4.98. The molecular formula is C23H27N3O3S. The Morgan fingerprint density at radius 3 is 2.37 bits per heavy atom. The first-order valence-corrected chi connectivity index (χ1v) is 11.4. The lowest BCUT2D eigenvalue weighted by molar-refractivity contribution is -0.143. The molecule has 1 unspecified atom stereocenters. The third-order valence-electron chi connectivity index (χ3n) is 5.99. The number of amides is 2. The Morgan fingerprint density at radius 2 is 1.73 bits per heavy atom. The van der Waals surface area contributed by atoms with E-state index in [-0.39, 0.29) is 23.6 Å². The van der Waals surface area contributed by atoms with Crippen molar-refractivity contribution in [1.82, 2.24) is 9.80 Å². The Hall–Kier alpha value is -2.67. The highest BCUT2D eigenvalue weighted by atomic mass is 32.1. The molecule has 0 radical (unpaired) electrons. The van der Waals surface area contributed by atoms with Gasteiger partial charge in [-0.3, -0.25) is 14.4 Å². The first kappa shape index (κ1) is 20.6. The van der Waals surface area contributed by atoms with Crippen LogP contribution in [-0.4, -0.2) is 66.2 Å². The highest BCUT2D eigenvalue weighted by Gasteiger charge is 2.37. The molecule has 0 N–H and O–H groups in total. The van der Waals surface area contributed by atoms with Gasteiger partial charge in [0.25, 0.3) is 0 Å². The lowest BCUT2D eigenvalue weighted by atomic mass is 10.1. The Balaban J connectivity index is 1.34. The SMILES string of the molecule is CC(=O)c1ccc(N2CCN(C(=O)C3CCCN3C(=O)Cc3cccs3)CC2)cc1. The van der Waals surface area contributed by atoms with Crippen LogP contribution in [0, 0.1) is 0 Å². The number of ketones is 1. The van der Waals surface area contributed by atoms with E-state index < -0.39 is 0 Å².